The molecule has 3 rings (SSSR count). The lowest BCUT2D eigenvalue weighted by Gasteiger charge is -2.20. The molecule has 1 N–H and O–H groups in total. The largest absolute Gasteiger partial charge is 0.464 e. The summed E-state index contributed by atoms with van der Waals surface area (Å²) in [5.74, 6) is -0.312. The molecule has 0 atom stereocenters. The summed E-state index contributed by atoms with van der Waals surface area (Å²) in [5.41, 5.74) is 4.33. The molecule has 1 aromatic heterocycles. The molecule has 5 nitrogen and oxygen atoms in total. The number of hydrogen-bond acceptors (Lipinski definition) is 4. The van der Waals surface area contributed by atoms with Gasteiger partial charge < -0.3 is 10.2 Å². The Kier molecular flexibility index (Phi) is 5.51. The first-order valence-corrected chi connectivity index (χ1v) is 9.07. The number of nitrogens with one attached hydrogen (secondary N) is 1. The fourth-order valence-electron chi connectivity index (χ4n) is 2.98. The zero-order chi connectivity index (χ0) is 19.6. The second-order valence-corrected chi connectivity index (χ2v) is 7.10. The first kappa shape index (κ1) is 19.0. The van der Waals surface area contributed by atoms with Crippen LogP contribution in [0.25, 0.3) is 21.9 Å². The van der Waals surface area contributed by atoms with Crippen LogP contribution in [0.5, 0.6) is 0 Å². The molecular formula is C21H21ClN2O3. The van der Waals surface area contributed by atoms with Gasteiger partial charge >= 0.3 is 5.97 Å². The number of hydrogen-bond donors (Lipinski definition) is 1. The third-order valence-electron chi connectivity index (χ3n) is 4.24. The molecule has 0 fully saturated rings. The highest BCUT2D eigenvalue weighted by Crippen LogP contribution is 2.32. The Morgan fingerprint density at radius 2 is 1.85 bits per heavy atom. The number of aromatic nitrogens is 1. The summed E-state index contributed by atoms with van der Waals surface area (Å²) < 4.78 is 6.30. The van der Waals surface area contributed by atoms with E-state index in [2.05, 4.69) is 5.43 Å². The Morgan fingerprint density at radius 3 is 2.48 bits per heavy atom. The van der Waals surface area contributed by atoms with Crippen molar-refractivity contribution in [3.63, 3.8) is 0 Å². The van der Waals surface area contributed by atoms with Gasteiger partial charge in [-0.3, -0.25) is 4.79 Å². The van der Waals surface area contributed by atoms with Crippen molar-refractivity contribution >= 4 is 28.3 Å². The van der Waals surface area contributed by atoms with Crippen LogP contribution >= 0.6 is 11.6 Å². The number of nitrogens with zero attached hydrogens (tertiary/aromatic N) is 1. The van der Waals surface area contributed by atoms with E-state index in [0.29, 0.717) is 27.9 Å². The monoisotopic (exact) mass is 384 g/mol. The molecule has 0 unspecified atom stereocenters. The fourth-order valence-corrected chi connectivity index (χ4v) is 3.16. The number of pyridine rings is 1. The number of halogens is 1. The van der Waals surface area contributed by atoms with Gasteiger partial charge in [-0.25, -0.2) is 9.47 Å². The van der Waals surface area contributed by atoms with E-state index in [1.54, 1.807) is 18.2 Å². The summed E-state index contributed by atoms with van der Waals surface area (Å²) in [7, 11) is 1.30. The Hall–Kier alpha value is -2.79. The lowest BCUT2D eigenvalue weighted by atomic mass is 9.97. The second kappa shape index (κ2) is 7.84. The Bertz CT molecular complexity index is 1040. The summed E-state index contributed by atoms with van der Waals surface area (Å²) in [6, 6.07) is 14.5. The minimum atomic E-state index is -0.593. The summed E-state index contributed by atoms with van der Waals surface area (Å²) in [6.45, 7) is 4.57. The first-order valence-electron chi connectivity index (χ1n) is 8.70. The molecule has 0 bridgehead atoms. The van der Waals surface area contributed by atoms with Gasteiger partial charge in [0.15, 0.2) is 5.69 Å². The minimum absolute atomic E-state index is 0.157. The van der Waals surface area contributed by atoms with Crippen molar-refractivity contribution in [3.05, 3.63) is 69.6 Å². The summed E-state index contributed by atoms with van der Waals surface area (Å²) in [4.78, 5) is 25.8. The zero-order valence-corrected chi connectivity index (χ0v) is 16.2. The van der Waals surface area contributed by atoms with Crippen LogP contribution in [0.2, 0.25) is 5.02 Å². The molecule has 0 aliphatic heterocycles. The van der Waals surface area contributed by atoms with Crippen molar-refractivity contribution in [3.8, 4) is 11.1 Å². The molecule has 0 aliphatic rings. The van der Waals surface area contributed by atoms with E-state index in [0.717, 1.165) is 5.56 Å². The standard InChI is InChI=1S/C21H21ClN2O3/c1-13(2)12-23-24-19(21(26)27-3)18(14-7-5-4-6-8-14)17-11-15(22)9-10-16(17)20(24)25/h4-11,13,23H,12H2,1-3H3. The van der Waals surface area contributed by atoms with E-state index in [1.807, 2.05) is 44.2 Å². The van der Waals surface area contributed by atoms with Gasteiger partial charge in [-0.05, 0) is 35.1 Å². The van der Waals surface area contributed by atoms with Crippen LogP contribution in [0.3, 0.4) is 0 Å². The Morgan fingerprint density at radius 1 is 1.15 bits per heavy atom. The van der Waals surface area contributed by atoms with Crippen molar-refractivity contribution < 1.29 is 9.53 Å². The molecule has 3 aromatic rings. The normalized spacial score (nSPS) is 11.0. The van der Waals surface area contributed by atoms with Gasteiger partial charge in [0.25, 0.3) is 5.56 Å². The van der Waals surface area contributed by atoms with Crippen LogP contribution in [0.1, 0.15) is 24.3 Å². The molecule has 140 valence electrons. The van der Waals surface area contributed by atoms with Crippen LogP contribution in [0, 0.1) is 5.92 Å². The third kappa shape index (κ3) is 3.69. The molecule has 27 heavy (non-hydrogen) atoms. The third-order valence-corrected chi connectivity index (χ3v) is 4.48. The fraction of sp³-hybridized carbons (Fsp3) is 0.238. The number of rotatable bonds is 5. The van der Waals surface area contributed by atoms with E-state index in [9.17, 15) is 9.59 Å². The van der Waals surface area contributed by atoms with Crippen LogP contribution < -0.4 is 11.0 Å². The number of carbonyl (C=O) groups excluding carboxylic acids is 1. The first-order chi connectivity index (χ1) is 12.9. The highest BCUT2D eigenvalue weighted by Gasteiger charge is 2.24. The lowest BCUT2D eigenvalue weighted by molar-refractivity contribution is 0.0590. The molecule has 1 heterocycles. The number of esters is 1. The van der Waals surface area contributed by atoms with E-state index in [1.165, 1.54) is 11.8 Å². The highest BCUT2D eigenvalue weighted by atomic mass is 35.5. The Balaban J connectivity index is 2.46. The lowest BCUT2D eigenvalue weighted by Crippen LogP contribution is -2.36. The molecule has 0 spiro atoms. The minimum Gasteiger partial charge on any atom is -0.464 e. The molecule has 0 saturated carbocycles. The maximum atomic E-state index is 13.1. The van der Waals surface area contributed by atoms with E-state index in [4.69, 9.17) is 16.3 Å². The van der Waals surface area contributed by atoms with E-state index in [-0.39, 0.29) is 17.2 Å². The molecular weight excluding hydrogens is 364 g/mol. The SMILES string of the molecule is COC(=O)c1c(-c2ccccc2)c2cc(Cl)ccc2c(=O)n1NCC(C)C. The van der Waals surface area contributed by atoms with Crippen molar-refractivity contribution in [2.45, 2.75) is 13.8 Å². The van der Waals surface area contributed by atoms with Crippen LogP contribution in [-0.4, -0.2) is 24.3 Å². The smallest absolute Gasteiger partial charge is 0.357 e. The predicted octanol–water partition coefficient (Wildman–Crippen LogP) is 4.31. The number of carbonyl (C=O) groups is 1. The van der Waals surface area contributed by atoms with Gasteiger partial charge in [-0.2, -0.15) is 0 Å². The van der Waals surface area contributed by atoms with Gasteiger partial charge in [0.05, 0.1) is 7.11 Å². The van der Waals surface area contributed by atoms with Crippen molar-refractivity contribution in [2.24, 2.45) is 5.92 Å². The Labute approximate surface area is 162 Å². The van der Waals surface area contributed by atoms with Gasteiger partial charge in [0.2, 0.25) is 0 Å². The van der Waals surface area contributed by atoms with Crippen molar-refractivity contribution in [1.82, 2.24) is 4.68 Å². The molecule has 2 aromatic carbocycles. The van der Waals surface area contributed by atoms with Gasteiger partial charge in [-0.15, -0.1) is 0 Å². The molecule has 0 saturated heterocycles. The predicted molar refractivity (Wildman–Crippen MR) is 109 cm³/mol. The average Bonchev–Trinajstić information content (AvgIpc) is 2.66. The van der Waals surface area contributed by atoms with E-state index >= 15 is 0 Å². The number of ether oxygens (including phenoxy) is 1. The molecule has 0 radical (unpaired) electrons. The van der Waals surface area contributed by atoms with Crippen LogP contribution in [0.15, 0.2) is 53.3 Å². The van der Waals surface area contributed by atoms with Gasteiger partial charge in [0, 0.05) is 22.5 Å². The summed E-state index contributed by atoms with van der Waals surface area (Å²) >= 11 is 6.20. The highest BCUT2D eigenvalue weighted by molar-refractivity contribution is 6.31. The number of benzene rings is 2. The maximum absolute atomic E-state index is 13.1. The van der Waals surface area contributed by atoms with Crippen molar-refractivity contribution in [1.29, 1.82) is 0 Å². The van der Waals surface area contributed by atoms with Crippen molar-refractivity contribution in [2.75, 3.05) is 19.1 Å². The maximum Gasteiger partial charge on any atom is 0.357 e. The van der Waals surface area contributed by atoms with Crippen LogP contribution in [0.4, 0.5) is 0 Å². The van der Waals surface area contributed by atoms with Gasteiger partial charge in [0.1, 0.15) is 0 Å². The average molecular weight is 385 g/mol. The quantitative estimate of drug-likeness (QED) is 0.666. The molecule has 6 heteroatoms. The topological polar surface area (TPSA) is 60.3 Å². The number of fused-ring (bicyclic) bond motifs is 1. The summed E-state index contributed by atoms with van der Waals surface area (Å²) in [5, 5.41) is 1.58. The second-order valence-electron chi connectivity index (χ2n) is 6.67. The molecule has 0 amide bonds. The summed E-state index contributed by atoms with van der Waals surface area (Å²) in [6.07, 6.45) is 0. The number of methoxy groups -OCH3 is 1. The van der Waals surface area contributed by atoms with E-state index < -0.39 is 5.97 Å². The zero-order valence-electron chi connectivity index (χ0n) is 15.5. The van der Waals surface area contributed by atoms with Gasteiger partial charge in [-0.1, -0.05) is 55.8 Å². The van der Waals surface area contributed by atoms with Crippen LogP contribution in [-0.2, 0) is 4.74 Å². The molecule has 0 aliphatic carbocycles.